The summed E-state index contributed by atoms with van der Waals surface area (Å²) in [6.45, 7) is 2.11. The third-order valence-electron chi connectivity index (χ3n) is 2.94. The molecule has 0 bridgehead atoms. The fraction of sp³-hybridized carbons (Fsp3) is 0.385. The molecule has 0 aliphatic heterocycles. The van der Waals surface area contributed by atoms with E-state index in [1.807, 2.05) is 24.3 Å². The lowest BCUT2D eigenvalue weighted by Crippen LogP contribution is -2.32. The van der Waals surface area contributed by atoms with E-state index in [4.69, 9.17) is 5.11 Å². The van der Waals surface area contributed by atoms with Crippen molar-refractivity contribution in [3.8, 4) is 0 Å². The predicted octanol–water partition coefficient (Wildman–Crippen LogP) is 0.850. The quantitative estimate of drug-likeness (QED) is 0.733. The SMILES string of the molecule is CC(CO)C(=O)NCCc1[nH]nc2ccccc12. The molecule has 1 unspecified atom stereocenters. The zero-order valence-electron chi connectivity index (χ0n) is 10.3. The Morgan fingerprint density at radius 1 is 1.50 bits per heavy atom. The molecule has 5 nitrogen and oxygen atoms in total. The Balaban J connectivity index is 1.93. The number of nitrogens with zero attached hydrogens (tertiary/aromatic N) is 1. The number of carbonyl (C=O) groups is 1. The zero-order valence-corrected chi connectivity index (χ0v) is 10.3. The Labute approximate surface area is 105 Å². The van der Waals surface area contributed by atoms with Crippen LogP contribution in [-0.4, -0.2) is 34.4 Å². The van der Waals surface area contributed by atoms with Crippen molar-refractivity contribution in [2.45, 2.75) is 13.3 Å². The van der Waals surface area contributed by atoms with Gasteiger partial charge in [0.05, 0.1) is 18.0 Å². The molecular weight excluding hydrogens is 230 g/mol. The van der Waals surface area contributed by atoms with E-state index in [1.54, 1.807) is 6.92 Å². The summed E-state index contributed by atoms with van der Waals surface area (Å²) in [6.07, 6.45) is 0.699. The molecule has 18 heavy (non-hydrogen) atoms. The van der Waals surface area contributed by atoms with Gasteiger partial charge in [-0.3, -0.25) is 9.89 Å². The van der Waals surface area contributed by atoms with Crippen molar-refractivity contribution in [1.82, 2.24) is 15.5 Å². The topological polar surface area (TPSA) is 78.0 Å². The van der Waals surface area contributed by atoms with Crippen LogP contribution in [0.1, 0.15) is 12.6 Å². The highest BCUT2D eigenvalue weighted by molar-refractivity contribution is 5.81. The maximum absolute atomic E-state index is 11.5. The summed E-state index contributed by atoms with van der Waals surface area (Å²) in [6, 6.07) is 7.86. The minimum absolute atomic E-state index is 0.124. The first-order valence-corrected chi connectivity index (χ1v) is 6.03. The fourth-order valence-corrected chi connectivity index (χ4v) is 1.77. The molecule has 0 spiro atoms. The van der Waals surface area contributed by atoms with Crippen molar-refractivity contribution in [1.29, 1.82) is 0 Å². The van der Waals surface area contributed by atoms with Crippen LogP contribution in [0.3, 0.4) is 0 Å². The van der Waals surface area contributed by atoms with Crippen LogP contribution < -0.4 is 5.32 Å². The Kier molecular flexibility index (Phi) is 3.94. The lowest BCUT2D eigenvalue weighted by Gasteiger charge is -2.08. The minimum atomic E-state index is -0.358. The van der Waals surface area contributed by atoms with Gasteiger partial charge in [0.15, 0.2) is 0 Å². The second-order valence-electron chi connectivity index (χ2n) is 4.34. The molecule has 0 radical (unpaired) electrons. The van der Waals surface area contributed by atoms with E-state index in [9.17, 15) is 4.79 Å². The number of rotatable bonds is 5. The van der Waals surface area contributed by atoms with Crippen molar-refractivity contribution >= 4 is 16.8 Å². The number of aliphatic hydroxyl groups excluding tert-OH is 1. The van der Waals surface area contributed by atoms with Crippen LogP contribution in [-0.2, 0) is 11.2 Å². The average molecular weight is 247 g/mol. The van der Waals surface area contributed by atoms with Crippen molar-refractivity contribution in [2.75, 3.05) is 13.2 Å². The van der Waals surface area contributed by atoms with Gasteiger partial charge in [0.2, 0.25) is 5.91 Å². The third kappa shape index (κ3) is 2.68. The van der Waals surface area contributed by atoms with Crippen molar-refractivity contribution < 1.29 is 9.90 Å². The highest BCUT2D eigenvalue weighted by Gasteiger charge is 2.11. The normalized spacial score (nSPS) is 12.6. The first-order chi connectivity index (χ1) is 8.72. The van der Waals surface area contributed by atoms with Crippen LogP contribution in [0.2, 0.25) is 0 Å². The lowest BCUT2D eigenvalue weighted by atomic mass is 10.1. The molecule has 0 fully saturated rings. The van der Waals surface area contributed by atoms with Gasteiger partial charge in [-0.15, -0.1) is 0 Å². The molecule has 1 amide bonds. The average Bonchev–Trinajstić information content (AvgIpc) is 2.81. The lowest BCUT2D eigenvalue weighted by molar-refractivity contribution is -0.125. The monoisotopic (exact) mass is 247 g/mol. The molecule has 5 heteroatoms. The van der Waals surface area contributed by atoms with E-state index in [0.29, 0.717) is 13.0 Å². The summed E-state index contributed by atoms with van der Waals surface area (Å²) in [5.74, 6) is -0.482. The molecule has 1 atom stereocenters. The van der Waals surface area contributed by atoms with Crippen LogP contribution >= 0.6 is 0 Å². The van der Waals surface area contributed by atoms with E-state index < -0.39 is 0 Å². The van der Waals surface area contributed by atoms with E-state index in [-0.39, 0.29) is 18.4 Å². The number of benzene rings is 1. The first kappa shape index (κ1) is 12.6. The number of hydrogen-bond donors (Lipinski definition) is 3. The number of H-pyrrole nitrogens is 1. The maximum atomic E-state index is 11.5. The standard InChI is InChI=1S/C13H17N3O2/c1-9(8-17)13(18)14-7-6-12-10-4-2-3-5-11(10)15-16-12/h2-5,9,17H,6-8H2,1H3,(H,14,18)(H,15,16). The van der Waals surface area contributed by atoms with E-state index in [1.165, 1.54) is 0 Å². The Morgan fingerprint density at radius 2 is 2.28 bits per heavy atom. The summed E-state index contributed by atoms with van der Waals surface area (Å²) >= 11 is 0. The molecule has 1 aromatic heterocycles. The number of nitrogens with one attached hydrogen (secondary N) is 2. The van der Waals surface area contributed by atoms with Gasteiger partial charge in [-0.1, -0.05) is 25.1 Å². The molecule has 96 valence electrons. The van der Waals surface area contributed by atoms with E-state index in [0.717, 1.165) is 16.6 Å². The van der Waals surface area contributed by atoms with Gasteiger partial charge in [0.25, 0.3) is 0 Å². The summed E-state index contributed by atoms with van der Waals surface area (Å²) in [4.78, 5) is 11.5. The van der Waals surface area contributed by atoms with Crippen LogP contribution in [0.15, 0.2) is 24.3 Å². The van der Waals surface area contributed by atoms with Gasteiger partial charge in [-0.2, -0.15) is 5.10 Å². The largest absolute Gasteiger partial charge is 0.396 e. The highest BCUT2D eigenvalue weighted by atomic mass is 16.3. The summed E-state index contributed by atoms with van der Waals surface area (Å²) in [5, 5.41) is 19.9. The van der Waals surface area contributed by atoms with Crippen molar-refractivity contribution in [3.05, 3.63) is 30.0 Å². The molecular formula is C13H17N3O2. The predicted molar refractivity (Wildman–Crippen MR) is 69.1 cm³/mol. The van der Waals surface area contributed by atoms with E-state index >= 15 is 0 Å². The summed E-state index contributed by atoms with van der Waals surface area (Å²) < 4.78 is 0. The molecule has 0 aliphatic rings. The smallest absolute Gasteiger partial charge is 0.225 e. The van der Waals surface area contributed by atoms with Crippen LogP contribution in [0, 0.1) is 5.92 Å². The van der Waals surface area contributed by atoms with Crippen molar-refractivity contribution in [2.24, 2.45) is 5.92 Å². The number of carbonyl (C=O) groups excluding carboxylic acids is 1. The molecule has 0 saturated carbocycles. The molecule has 1 aromatic carbocycles. The number of hydrogen-bond acceptors (Lipinski definition) is 3. The maximum Gasteiger partial charge on any atom is 0.225 e. The van der Waals surface area contributed by atoms with Gasteiger partial charge in [-0.25, -0.2) is 0 Å². The summed E-state index contributed by atoms with van der Waals surface area (Å²) in [7, 11) is 0. The van der Waals surface area contributed by atoms with Gasteiger partial charge < -0.3 is 10.4 Å². The molecule has 2 rings (SSSR count). The molecule has 0 aliphatic carbocycles. The number of fused-ring (bicyclic) bond motifs is 1. The summed E-state index contributed by atoms with van der Waals surface area (Å²) in [5.41, 5.74) is 1.95. The second kappa shape index (κ2) is 5.64. The van der Waals surface area contributed by atoms with Crippen molar-refractivity contribution in [3.63, 3.8) is 0 Å². The van der Waals surface area contributed by atoms with Crippen LogP contribution in [0.4, 0.5) is 0 Å². The van der Waals surface area contributed by atoms with E-state index in [2.05, 4.69) is 15.5 Å². The van der Waals surface area contributed by atoms with Gasteiger partial charge in [0.1, 0.15) is 0 Å². The Morgan fingerprint density at radius 3 is 3.06 bits per heavy atom. The Bertz CT molecular complexity index is 536. The minimum Gasteiger partial charge on any atom is -0.396 e. The molecule has 1 heterocycles. The highest BCUT2D eigenvalue weighted by Crippen LogP contribution is 2.14. The van der Waals surface area contributed by atoms with Crippen LogP contribution in [0.25, 0.3) is 10.9 Å². The second-order valence-corrected chi connectivity index (χ2v) is 4.34. The number of aromatic nitrogens is 2. The first-order valence-electron chi connectivity index (χ1n) is 6.03. The third-order valence-corrected chi connectivity index (χ3v) is 2.94. The molecule has 3 N–H and O–H groups in total. The fourth-order valence-electron chi connectivity index (χ4n) is 1.77. The van der Waals surface area contributed by atoms with Gasteiger partial charge in [0, 0.05) is 24.0 Å². The Hall–Kier alpha value is -1.88. The number of amides is 1. The van der Waals surface area contributed by atoms with Gasteiger partial charge in [-0.05, 0) is 6.07 Å². The number of para-hydroxylation sites is 1. The molecule has 2 aromatic rings. The van der Waals surface area contributed by atoms with Gasteiger partial charge >= 0.3 is 0 Å². The number of aliphatic hydroxyl groups is 1. The molecule has 0 saturated heterocycles. The zero-order chi connectivity index (χ0) is 13.0. The van der Waals surface area contributed by atoms with Crippen LogP contribution in [0.5, 0.6) is 0 Å². The number of aromatic amines is 1.